The number of carbonyl (C=O) groups is 2. The van der Waals surface area contributed by atoms with Crippen LogP contribution in [0.3, 0.4) is 0 Å². The van der Waals surface area contributed by atoms with E-state index in [1.54, 1.807) is 6.08 Å². The Balaban J connectivity index is 1.48. The Morgan fingerprint density at radius 1 is 1.14 bits per heavy atom. The normalized spacial score (nSPS) is 15.5. The summed E-state index contributed by atoms with van der Waals surface area (Å²) in [5, 5.41) is 2.70. The third kappa shape index (κ3) is 6.10. The monoisotopic (exact) mass is 426 g/mol. The van der Waals surface area contributed by atoms with Crippen molar-refractivity contribution in [2.45, 2.75) is 12.8 Å². The highest BCUT2D eigenvalue weighted by atomic mass is 32.2. The molecular formula is C22H19FN2O2S2. The fraction of sp³-hybridized carbons (Fsp3) is 0.136. The van der Waals surface area contributed by atoms with Gasteiger partial charge >= 0.3 is 0 Å². The Labute approximate surface area is 178 Å². The fourth-order valence-electron chi connectivity index (χ4n) is 2.67. The molecule has 0 spiro atoms. The predicted octanol–water partition coefficient (Wildman–Crippen LogP) is 5.00. The number of anilines is 1. The zero-order chi connectivity index (χ0) is 20.6. The Hall–Kier alpha value is -2.77. The van der Waals surface area contributed by atoms with Gasteiger partial charge in [0.1, 0.15) is 10.1 Å². The summed E-state index contributed by atoms with van der Waals surface area (Å²) in [6.07, 6.45) is 6.23. The van der Waals surface area contributed by atoms with Crippen LogP contribution < -0.4 is 5.32 Å². The summed E-state index contributed by atoms with van der Waals surface area (Å²) in [7, 11) is 0. The molecule has 0 aromatic heterocycles. The SMILES string of the molecule is O=C(CCCN1C(=O)/C(=C/C=C/c2ccccc2)SC1=S)Nc1ccc(F)cc1. The van der Waals surface area contributed by atoms with Crippen molar-refractivity contribution in [3.8, 4) is 0 Å². The van der Waals surface area contributed by atoms with Crippen LogP contribution >= 0.6 is 24.0 Å². The molecule has 1 aliphatic heterocycles. The van der Waals surface area contributed by atoms with Crippen LogP contribution in [0.4, 0.5) is 10.1 Å². The summed E-state index contributed by atoms with van der Waals surface area (Å²) >= 11 is 6.56. The van der Waals surface area contributed by atoms with Crippen LogP contribution in [-0.2, 0) is 9.59 Å². The van der Waals surface area contributed by atoms with Crippen LogP contribution in [0.5, 0.6) is 0 Å². The average molecular weight is 427 g/mol. The Morgan fingerprint density at radius 2 is 1.86 bits per heavy atom. The maximum Gasteiger partial charge on any atom is 0.266 e. The topological polar surface area (TPSA) is 49.4 Å². The van der Waals surface area contributed by atoms with E-state index in [0.29, 0.717) is 27.9 Å². The first-order valence-electron chi connectivity index (χ1n) is 9.05. The van der Waals surface area contributed by atoms with Crippen molar-refractivity contribution in [1.29, 1.82) is 0 Å². The third-order valence-electron chi connectivity index (χ3n) is 4.12. The highest BCUT2D eigenvalue weighted by molar-refractivity contribution is 8.26. The second-order valence-electron chi connectivity index (χ2n) is 6.28. The molecule has 148 valence electrons. The molecule has 0 atom stereocenters. The summed E-state index contributed by atoms with van der Waals surface area (Å²) in [5.41, 5.74) is 1.58. The smallest absolute Gasteiger partial charge is 0.266 e. The Bertz CT molecular complexity index is 957. The van der Waals surface area contributed by atoms with Crippen molar-refractivity contribution < 1.29 is 14.0 Å². The van der Waals surface area contributed by atoms with Crippen molar-refractivity contribution in [2.24, 2.45) is 0 Å². The predicted molar refractivity (Wildman–Crippen MR) is 120 cm³/mol. The molecule has 4 nitrogen and oxygen atoms in total. The van der Waals surface area contributed by atoms with Gasteiger partial charge in [-0.05, 0) is 42.3 Å². The lowest BCUT2D eigenvalue weighted by atomic mass is 10.2. The second-order valence-corrected chi connectivity index (χ2v) is 7.96. The minimum atomic E-state index is -0.357. The molecule has 1 saturated heterocycles. The van der Waals surface area contributed by atoms with Crippen LogP contribution in [0, 0.1) is 5.82 Å². The largest absolute Gasteiger partial charge is 0.326 e. The van der Waals surface area contributed by atoms with Crippen molar-refractivity contribution in [3.05, 3.63) is 83.0 Å². The standard InChI is InChI=1S/C22H19FN2O2S2/c23-17-11-13-18(14-12-17)24-20(26)10-5-15-25-21(27)19(29-22(25)28)9-4-8-16-6-2-1-3-7-16/h1-4,6-9,11-14H,5,10,15H2,(H,24,26)/b8-4+,19-9-. The first-order chi connectivity index (χ1) is 14.0. The molecule has 1 N–H and O–H groups in total. The van der Waals surface area contributed by atoms with Gasteiger partial charge in [0, 0.05) is 18.7 Å². The Kier molecular flexibility index (Phi) is 7.32. The lowest BCUT2D eigenvalue weighted by Crippen LogP contribution is -2.29. The van der Waals surface area contributed by atoms with Gasteiger partial charge in [-0.2, -0.15) is 0 Å². The van der Waals surface area contributed by atoms with E-state index in [1.807, 2.05) is 42.5 Å². The van der Waals surface area contributed by atoms with Crippen LogP contribution in [0.2, 0.25) is 0 Å². The lowest BCUT2D eigenvalue weighted by molar-refractivity contribution is -0.122. The second kappa shape index (κ2) is 10.1. The van der Waals surface area contributed by atoms with E-state index in [-0.39, 0.29) is 24.1 Å². The summed E-state index contributed by atoms with van der Waals surface area (Å²) < 4.78 is 13.4. The van der Waals surface area contributed by atoms with Gasteiger partial charge in [-0.1, -0.05) is 66.5 Å². The number of halogens is 1. The van der Waals surface area contributed by atoms with E-state index in [1.165, 1.54) is 40.9 Å². The molecule has 0 bridgehead atoms. The van der Waals surface area contributed by atoms with E-state index < -0.39 is 0 Å². The molecule has 29 heavy (non-hydrogen) atoms. The molecule has 0 unspecified atom stereocenters. The number of carbonyl (C=O) groups excluding carboxylic acids is 2. The summed E-state index contributed by atoms with van der Waals surface area (Å²) in [6.45, 7) is 0.376. The molecular weight excluding hydrogens is 407 g/mol. The number of amides is 2. The third-order valence-corrected chi connectivity index (χ3v) is 5.52. The lowest BCUT2D eigenvalue weighted by Gasteiger charge is -2.14. The molecule has 7 heteroatoms. The molecule has 0 aliphatic carbocycles. The van der Waals surface area contributed by atoms with E-state index in [0.717, 1.165) is 5.56 Å². The number of thiocarbonyl (C=S) groups is 1. The van der Waals surface area contributed by atoms with Gasteiger partial charge in [0.2, 0.25) is 5.91 Å². The molecule has 0 radical (unpaired) electrons. The number of thioether (sulfide) groups is 1. The summed E-state index contributed by atoms with van der Waals surface area (Å²) in [6, 6.07) is 15.4. The zero-order valence-corrected chi connectivity index (χ0v) is 17.1. The molecule has 0 saturated carbocycles. The maximum absolute atomic E-state index is 12.9. The van der Waals surface area contributed by atoms with Crippen molar-refractivity contribution >= 4 is 51.9 Å². The molecule has 1 fully saturated rings. The first kappa shape index (κ1) is 21.0. The maximum atomic E-state index is 12.9. The minimum absolute atomic E-state index is 0.142. The highest BCUT2D eigenvalue weighted by Crippen LogP contribution is 2.31. The van der Waals surface area contributed by atoms with Gasteiger partial charge in [0.05, 0.1) is 4.91 Å². The zero-order valence-electron chi connectivity index (χ0n) is 15.5. The minimum Gasteiger partial charge on any atom is -0.326 e. The average Bonchev–Trinajstić information content (AvgIpc) is 2.98. The van der Waals surface area contributed by atoms with E-state index in [9.17, 15) is 14.0 Å². The van der Waals surface area contributed by atoms with Crippen molar-refractivity contribution in [2.75, 3.05) is 11.9 Å². The molecule has 2 amide bonds. The van der Waals surface area contributed by atoms with Gasteiger partial charge < -0.3 is 5.32 Å². The van der Waals surface area contributed by atoms with Crippen LogP contribution in [0.1, 0.15) is 18.4 Å². The van der Waals surface area contributed by atoms with Gasteiger partial charge in [-0.15, -0.1) is 0 Å². The summed E-state index contributed by atoms with van der Waals surface area (Å²) in [5.74, 6) is -0.691. The van der Waals surface area contributed by atoms with Gasteiger partial charge in [0.15, 0.2) is 0 Å². The van der Waals surface area contributed by atoms with Crippen LogP contribution in [0.25, 0.3) is 6.08 Å². The van der Waals surface area contributed by atoms with E-state index in [4.69, 9.17) is 12.2 Å². The van der Waals surface area contributed by atoms with Crippen LogP contribution in [-0.4, -0.2) is 27.6 Å². The molecule has 2 aromatic carbocycles. The molecule has 1 aliphatic rings. The number of nitrogens with zero attached hydrogens (tertiary/aromatic N) is 1. The van der Waals surface area contributed by atoms with Gasteiger partial charge in [-0.3, -0.25) is 14.5 Å². The Morgan fingerprint density at radius 3 is 2.59 bits per heavy atom. The number of hydrogen-bond acceptors (Lipinski definition) is 4. The van der Waals surface area contributed by atoms with Crippen molar-refractivity contribution in [1.82, 2.24) is 4.90 Å². The number of nitrogens with one attached hydrogen (secondary N) is 1. The van der Waals surface area contributed by atoms with Gasteiger partial charge in [-0.25, -0.2) is 4.39 Å². The van der Waals surface area contributed by atoms with E-state index in [2.05, 4.69) is 5.32 Å². The number of hydrogen-bond donors (Lipinski definition) is 1. The van der Waals surface area contributed by atoms with Gasteiger partial charge in [0.25, 0.3) is 5.91 Å². The molecule has 1 heterocycles. The quantitative estimate of drug-likeness (QED) is 0.500. The van der Waals surface area contributed by atoms with Crippen LogP contribution in [0.15, 0.2) is 71.7 Å². The first-order valence-corrected chi connectivity index (χ1v) is 10.3. The molecule has 3 rings (SSSR count). The number of benzene rings is 2. The highest BCUT2D eigenvalue weighted by Gasteiger charge is 2.31. The summed E-state index contributed by atoms with van der Waals surface area (Å²) in [4.78, 5) is 26.6. The molecule has 2 aromatic rings. The number of rotatable bonds is 7. The van der Waals surface area contributed by atoms with Crippen molar-refractivity contribution in [3.63, 3.8) is 0 Å². The number of allylic oxidation sites excluding steroid dienone is 2. The fourth-order valence-corrected chi connectivity index (χ4v) is 3.93. The van der Waals surface area contributed by atoms with E-state index >= 15 is 0 Å².